The number of carbonyl (C=O) groups is 3. The fourth-order valence-electron chi connectivity index (χ4n) is 0.486. The average Bonchev–Trinajstić information content (AvgIpc) is 2.13. The molecule has 0 saturated heterocycles. The van der Waals surface area contributed by atoms with E-state index in [1.165, 1.54) is 0 Å². The molecule has 0 bridgehead atoms. The van der Waals surface area contributed by atoms with E-state index in [-0.39, 0.29) is 94.6 Å². The first-order chi connectivity index (χ1) is 7.56. The monoisotopic (exact) mass is 317 g/mol. The quantitative estimate of drug-likeness (QED) is 0.508. The molecule has 0 spiro atoms. The van der Waals surface area contributed by atoms with Crippen LogP contribution in [0.5, 0.6) is 0 Å². The Morgan fingerprint density at radius 2 is 1.15 bits per heavy atom. The van der Waals surface area contributed by atoms with Gasteiger partial charge in [-0.25, -0.2) is 0 Å². The number of carbonyl (C=O) groups excluding carboxylic acids is 3. The van der Waals surface area contributed by atoms with E-state index < -0.39 is 23.9 Å². The van der Waals surface area contributed by atoms with Crippen LogP contribution in [0.15, 0.2) is 0 Å². The Labute approximate surface area is 185 Å². The van der Waals surface area contributed by atoms with E-state index in [4.69, 9.17) is 25.5 Å². The second-order valence-electron chi connectivity index (χ2n) is 3.21. The second-order valence-corrected chi connectivity index (χ2v) is 3.21. The van der Waals surface area contributed by atoms with E-state index in [0.717, 1.165) is 20.3 Å². The Balaban J connectivity index is -0.0000000386. The van der Waals surface area contributed by atoms with Crippen molar-refractivity contribution in [2.24, 2.45) is 11.7 Å². The summed E-state index contributed by atoms with van der Waals surface area (Å²) in [5.74, 6) is -3.32. The van der Waals surface area contributed by atoms with Gasteiger partial charge in [0.1, 0.15) is 0 Å². The maximum atomic E-state index is 10.1. The fourth-order valence-corrected chi connectivity index (χ4v) is 0.486. The molecule has 0 amide bonds. The number of nitrogens with two attached hydrogens (primary N) is 1. The molecule has 0 aromatic carbocycles. The van der Waals surface area contributed by atoms with Crippen molar-refractivity contribution in [2.45, 2.75) is 40.2 Å². The molecule has 20 heavy (non-hydrogen) atoms. The van der Waals surface area contributed by atoms with Crippen LogP contribution in [0.2, 0.25) is 0 Å². The van der Waals surface area contributed by atoms with Crippen molar-refractivity contribution >= 4 is 17.9 Å². The van der Waals surface area contributed by atoms with Crippen molar-refractivity contribution in [1.29, 1.82) is 0 Å². The van der Waals surface area contributed by atoms with E-state index in [2.05, 4.69) is 0 Å². The predicted octanol–water partition coefficient (Wildman–Crippen LogP) is -12.4. The van der Waals surface area contributed by atoms with Crippen molar-refractivity contribution in [3.05, 3.63) is 0 Å². The maximum Gasteiger partial charge on any atom is 1.00 e. The minimum absolute atomic E-state index is 0. The summed E-state index contributed by atoms with van der Waals surface area (Å²) in [4.78, 5) is 27.8. The van der Waals surface area contributed by atoms with Crippen LogP contribution in [-0.4, -0.2) is 23.9 Å². The molecule has 0 aliphatic rings. The van der Waals surface area contributed by atoms with E-state index in [9.17, 15) is 9.90 Å². The molecule has 0 rings (SSSR count). The van der Waals surface area contributed by atoms with E-state index in [1.54, 1.807) is 6.92 Å². The van der Waals surface area contributed by atoms with E-state index in [0.29, 0.717) is 0 Å². The van der Waals surface area contributed by atoms with Crippen molar-refractivity contribution in [1.82, 2.24) is 0 Å². The minimum atomic E-state index is -1.16. The third-order valence-corrected chi connectivity index (χ3v) is 1.53. The third kappa shape index (κ3) is 50.6. The summed E-state index contributed by atoms with van der Waals surface area (Å²) in [6.07, 6.45) is 0.773. The van der Waals surface area contributed by atoms with Gasteiger partial charge in [-0.1, -0.05) is 20.3 Å². The molecule has 0 aromatic rings. The second kappa shape index (κ2) is 25.3. The number of aliphatic carboxylic acids is 3. The van der Waals surface area contributed by atoms with Crippen LogP contribution in [0, 0.1) is 5.92 Å². The third-order valence-electron chi connectivity index (χ3n) is 1.53. The van der Waals surface area contributed by atoms with Gasteiger partial charge in [0.25, 0.3) is 0 Å². The Bertz CT molecular complexity index is 233. The van der Waals surface area contributed by atoms with Gasteiger partial charge >= 0.3 is 88.7 Å². The number of rotatable bonds is 3. The number of hydrogen-bond donors (Lipinski definition) is 1. The summed E-state index contributed by atoms with van der Waals surface area (Å²) < 4.78 is 0. The molecule has 7 nitrogen and oxygen atoms in total. The first-order valence-electron chi connectivity index (χ1n) is 4.87. The Kier molecular flexibility index (Phi) is 47.5. The number of hydrogen-bond acceptors (Lipinski definition) is 7. The van der Waals surface area contributed by atoms with Crippen LogP contribution in [0.1, 0.15) is 34.1 Å². The zero-order valence-corrected chi connectivity index (χ0v) is 19.4. The molecule has 0 fully saturated rings. The normalized spacial score (nSPS) is 10.1. The van der Waals surface area contributed by atoms with Crippen LogP contribution < -0.4 is 110 Å². The van der Waals surface area contributed by atoms with Gasteiger partial charge < -0.3 is 35.4 Å². The zero-order chi connectivity index (χ0) is 14.6. The molecule has 0 radical (unpaired) electrons. The van der Waals surface area contributed by atoms with Crippen molar-refractivity contribution in [3.8, 4) is 0 Å². The Morgan fingerprint density at radius 3 is 1.20 bits per heavy atom. The van der Waals surface area contributed by atoms with Gasteiger partial charge in [-0.3, -0.25) is 0 Å². The summed E-state index contributed by atoms with van der Waals surface area (Å²) in [5, 5.41) is 27.8. The van der Waals surface area contributed by atoms with E-state index in [1.807, 2.05) is 6.92 Å². The van der Waals surface area contributed by atoms with Crippen molar-refractivity contribution in [2.75, 3.05) is 0 Å². The van der Waals surface area contributed by atoms with Gasteiger partial charge in [-0.2, -0.15) is 0 Å². The Hall–Kier alpha value is 1.37. The molecule has 2 N–H and O–H groups in total. The summed E-state index contributed by atoms with van der Waals surface area (Å²) in [7, 11) is 0. The summed E-state index contributed by atoms with van der Waals surface area (Å²) in [6, 6.07) is -0.810. The molecule has 10 heteroatoms. The number of carboxylic acid groups (broad SMARTS) is 3. The van der Waals surface area contributed by atoms with Gasteiger partial charge in [-0.15, -0.1) is 0 Å². The zero-order valence-electron chi connectivity index (χ0n) is 13.4. The minimum Gasteiger partial charge on any atom is -0.550 e. The molecule has 2 atom stereocenters. The fraction of sp³-hybridized carbons (Fsp3) is 0.700. The molecule has 0 heterocycles. The van der Waals surface area contributed by atoms with Crippen LogP contribution >= 0.6 is 0 Å². The van der Waals surface area contributed by atoms with Crippen LogP contribution in [0.25, 0.3) is 0 Å². The molecule has 0 aromatic heterocycles. The standard InChI is InChI=1S/C6H13NO2.2C2H4O2.3Na/c1-3-4(2)5(7)6(8)9;2*1-2(3)4;;;/h4-5H,3,7H2,1-2H3,(H,8,9);2*1H3,(H,3,4);;;/q;;;3*+1/p-3/t4-,5-;;;;;/m0...../s1. The van der Waals surface area contributed by atoms with Crippen molar-refractivity contribution < 1.29 is 118 Å². The molecule has 0 aliphatic carbocycles. The van der Waals surface area contributed by atoms with Gasteiger partial charge in [0.2, 0.25) is 0 Å². The molecule has 102 valence electrons. The van der Waals surface area contributed by atoms with Crippen LogP contribution in [-0.2, 0) is 14.4 Å². The summed E-state index contributed by atoms with van der Waals surface area (Å²) in [6.45, 7) is 5.63. The smallest absolute Gasteiger partial charge is 0.550 e. The van der Waals surface area contributed by atoms with Gasteiger partial charge in [0.15, 0.2) is 0 Å². The molecule has 0 saturated carbocycles. The number of carboxylic acids is 3. The largest absolute Gasteiger partial charge is 1.00 e. The SMILES string of the molecule is CC(=O)[O-].CC(=O)[O-].CC[C@H](C)[C@H](N)C(=O)[O-].[Na+].[Na+].[Na+]. The van der Waals surface area contributed by atoms with Gasteiger partial charge in [0, 0.05) is 18.0 Å². The summed E-state index contributed by atoms with van der Waals surface area (Å²) in [5.41, 5.74) is 5.21. The Morgan fingerprint density at radius 1 is 0.950 bits per heavy atom. The summed E-state index contributed by atoms with van der Waals surface area (Å²) >= 11 is 0. The predicted molar refractivity (Wildman–Crippen MR) is 53.8 cm³/mol. The van der Waals surface area contributed by atoms with Crippen LogP contribution in [0.3, 0.4) is 0 Å². The average molecular weight is 317 g/mol. The molecule has 0 unspecified atom stereocenters. The first kappa shape index (κ1) is 37.5. The van der Waals surface area contributed by atoms with Crippen molar-refractivity contribution in [3.63, 3.8) is 0 Å². The molecular weight excluding hydrogens is 299 g/mol. The van der Waals surface area contributed by atoms with Gasteiger partial charge in [-0.05, 0) is 19.8 Å². The molecule has 0 aliphatic heterocycles. The van der Waals surface area contributed by atoms with Gasteiger partial charge in [0.05, 0.1) is 5.97 Å². The van der Waals surface area contributed by atoms with Crippen LogP contribution in [0.4, 0.5) is 0 Å². The van der Waals surface area contributed by atoms with E-state index >= 15 is 0 Å². The first-order valence-corrected chi connectivity index (χ1v) is 4.87. The molecular formula is C10H18NNa3O6. The maximum absolute atomic E-state index is 10.1. The topological polar surface area (TPSA) is 146 Å².